The van der Waals surface area contributed by atoms with Crippen molar-refractivity contribution in [3.63, 3.8) is 0 Å². The minimum atomic E-state index is 0.0386. The van der Waals surface area contributed by atoms with E-state index in [1.807, 2.05) is 24.3 Å². The van der Waals surface area contributed by atoms with Crippen LogP contribution in [0.4, 0.5) is 5.69 Å². The molecule has 7 nitrogen and oxygen atoms in total. The van der Waals surface area contributed by atoms with Gasteiger partial charge in [0.25, 0.3) is 0 Å². The molecule has 1 aromatic heterocycles. The fraction of sp³-hybridized carbons (Fsp3) is 0.478. The summed E-state index contributed by atoms with van der Waals surface area (Å²) in [6.45, 7) is 7.72. The number of rotatable bonds is 9. The van der Waals surface area contributed by atoms with Crippen molar-refractivity contribution in [2.24, 2.45) is 4.99 Å². The van der Waals surface area contributed by atoms with E-state index < -0.39 is 0 Å². The van der Waals surface area contributed by atoms with Gasteiger partial charge in [-0.05, 0) is 29.1 Å². The highest BCUT2D eigenvalue weighted by Crippen LogP contribution is 2.19. The first-order valence-corrected chi connectivity index (χ1v) is 11.7. The van der Waals surface area contributed by atoms with Crippen molar-refractivity contribution < 1.29 is 9.53 Å². The summed E-state index contributed by atoms with van der Waals surface area (Å²) in [6, 6.07) is 12.2. The van der Waals surface area contributed by atoms with Crippen LogP contribution in [-0.4, -0.2) is 63.2 Å². The fourth-order valence-electron chi connectivity index (χ4n) is 3.40. The van der Waals surface area contributed by atoms with Gasteiger partial charge in [0.05, 0.1) is 13.2 Å². The molecule has 1 unspecified atom stereocenters. The van der Waals surface area contributed by atoms with Crippen LogP contribution in [0.1, 0.15) is 29.7 Å². The number of carbonyl (C=O) groups is 1. The predicted octanol–water partition coefficient (Wildman–Crippen LogP) is 2.88. The molecular formula is C23H33N5O2S. The molecule has 1 aliphatic heterocycles. The van der Waals surface area contributed by atoms with E-state index in [-0.39, 0.29) is 5.91 Å². The number of amides is 1. The summed E-state index contributed by atoms with van der Waals surface area (Å²) in [5, 5.41) is 11.8. The Balaban J connectivity index is 1.41. The number of carbonyl (C=O) groups excluding carboxylic acids is 1. The zero-order valence-corrected chi connectivity index (χ0v) is 19.2. The predicted molar refractivity (Wildman–Crippen MR) is 128 cm³/mol. The van der Waals surface area contributed by atoms with Gasteiger partial charge in [-0.15, -0.1) is 11.3 Å². The van der Waals surface area contributed by atoms with Gasteiger partial charge in [0.2, 0.25) is 5.91 Å². The zero-order valence-electron chi connectivity index (χ0n) is 18.4. The number of hydrogen-bond acceptors (Lipinski definition) is 5. The van der Waals surface area contributed by atoms with Gasteiger partial charge in [-0.25, -0.2) is 0 Å². The SMILES string of the molecule is CN=C(NCc1cccc(NC(=O)CCN2CCOCC2)c1)NCC(C)c1cccs1. The molecule has 1 aromatic carbocycles. The smallest absolute Gasteiger partial charge is 0.225 e. The van der Waals surface area contributed by atoms with Crippen molar-refractivity contribution in [1.82, 2.24) is 15.5 Å². The molecule has 0 bridgehead atoms. The summed E-state index contributed by atoms with van der Waals surface area (Å²) in [6.07, 6.45) is 0.488. The summed E-state index contributed by atoms with van der Waals surface area (Å²) in [4.78, 5) is 20.2. The number of benzene rings is 1. The van der Waals surface area contributed by atoms with E-state index in [1.54, 1.807) is 18.4 Å². The molecule has 2 heterocycles. The number of anilines is 1. The number of morpholine rings is 1. The minimum absolute atomic E-state index is 0.0386. The van der Waals surface area contributed by atoms with E-state index in [1.165, 1.54) is 4.88 Å². The number of aliphatic imine (C=N–C) groups is 1. The second-order valence-corrected chi connectivity index (χ2v) is 8.65. The Kier molecular flexibility index (Phi) is 9.33. The highest BCUT2D eigenvalue weighted by atomic mass is 32.1. The maximum absolute atomic E-state index is 12.3. The third-order valence-electron chi connectivity index (χ3n) is 5.26. The lowest BCUT2D eigenvalue weighted by Crippen LogP contribution is -2.38. The molecule has 3 rings (SSSR count). The van der Waals surface area contributed by atoms with Crippen LogP contribution in [0.25, 0.3) is 0 Å². The minimum Gasteiger partial charge on any atom is -0.379 e. The molecule has 3 N–H and O–H groups in total. The molecule has 31 heavy (non-hydrogen) atoms. The second-order valence-electron chi connectivity index (χ2n) is 7.68. The van der Waals surface area contributed by atoms with E-state index in [4.69, 9.17) is 4.74 Å². The summed E-state index contributed by atoms with van der Waals surface area (Å²) >= 11 is 1.78. The van der Waals surface area contributed by atoms with Gasteiger partial charge in [0.15, 0.2) is 5.96 Å². The molecule has 1 saturated heterocycles. The van der Waals surface area contributed by atoms with Crippen LogP contribution in [0.5, 0.6) is 0 Å². The molecule has 0 aliphatic carbocycles. The molecule has 0 saturated carbocycles. The number of hydrogen-bond donors (Lipinski definition) is 3. The van der Waals surface area contributed by atoms with Crippen molar-refractivity contribution in [2.45, 2.75) is 25.8 Å². The molecular weight excluding hydrogens is 410 g/mol. The Hall–Kier alpha value is -2.42. The molecule has 0 radical (unpaired) electrons. The first-order valence-electron chi connectivity index (χ1n) is 10.8. The lowest BCUT2D eigenvalue weighted by molar-refractivity contribution is -0.116. The van der Waals surface area contributed by atoms with E-state index in [2.05, 4.69) is 50.3 Å². The van der Waals surface area contributed by atoms with Crippen molar-refractivity contribution in [2.75, 3.05) is 51.8 Å². The maximum atomic E-state index is 12.3. The third-order valence-corrected chi connectivity index (χ3v) is 6.36. The van der Waals surface area contributed by atoms with Crippen molar-refractivity contribution in [1.29, 1.82) is 0 Å². The topological polar surface area (TPSA) is 78.0 Å². The molecule has 0 spiro atoms. The van der Waals surface area contributed by atoms with Crippen LogP contribution >= 0.6 is 11.3 Å². The fourth-order valence-corrected chi connectivity index (χ4v) is 4.18. The second kappa shape index (κ2) is 12.4. The Morgan fingerprint density at radius 3 is 2.81 bits per heavy atom. The van der Waals surface area contributed by atoms with E-state index >= 15 is 0 Å². The van der Waals surface area contributed by atoms with Crippen LogP contribution in [0.2, 0.25) is 0 Å². The van der Waals surface area contributed by atoms with Crippen molar-refractivity contribution >= 4 is 28.9 Å². The number of nitrogens with zero attached hydrogens (tertiary/aromatic N) is 2. The van der Waals surface area contributed by atoms with Crippen LogP contribution < -0.4 is 16.0 Å². The maximum Gasteiger partial charge on any atom is 0.225 e. The summed E-state index contributed by atoms with van der Waals surface area (Å²) in [7, 11) is 1.77. The quantitative estimate of drug-likeness (QED) is 0.410. The number of guanidine groups is 1. The van der Waals surface area contributed by atoms with Crippen LogP contribution in [0.3, 0.4) is 0 Å². The Morgan fingerprint density at radius 2 is 2.06 bits per heavy atom. The standard InChI is InChI=1S/C23H33N5O2S/c1-18(21-7-4-14-31-21)16-25-23(24-2)26-17-19-5-3-6-20(15-19)27-22(29)8-9-28-10-12-30-13-11-28/h3-7,14-15,18H,8-13,16-17H2,1-2H3,(H,27,29)(H2,24,25,26). The lowest BCUT2D eigenvalue weighted by atomic mass is 10.1. The Labute approximate surface area is 188 Å². The Morgan fingerprint density at radius 1 is 1.23 bits per heavy atom. The normalized spacial score (nSPS) is 16.0. The van der Waals surface area contributed by atoms with Crippen LogP contribution in [0.15, 0.2) is 46.8 Å². The molecule has 1 aliphatic rings. The van der Waals surface area contributed by atoms with E-state index in [0.29, 0.717) is 18.9 Å². The average molecular weight is 444 g/mol. The van der Waals surface area contributed by atoms with Gasteiger partial charge in [0.1, 0.15) is 0 Å². The molecule has 2 aromatic rings. The highest BCUT2D eigenvalue weighted by Gasteiger charge is 2.12. The Bertz CT molecular complexity index is 834. The largest absolute Gasteiger partial charge is 0.379 e. The number of ether oxygens (including phenoxy) is 1. The zero-order chi connectivity index (χ0) is 21.9. The monoisotopic (exact) mass is 443 g/mol. The average Bonchev–Trinajstić information content (AvgIpc) is 3.34. The van der Waals surface area contributed by atoms with Gasteiger partial charge >= 0.3 is 0 Å². The lowest BCUT2D eigenvalue weighted by Gasteiger charge is -2.26. The van der Waals surface area contributed by atoms with Crippen molar-refractivity contribution in [3.8, 4) is 0 Å². The molecule has 168 valence electrons. The van der Waals surface area contributed by atoms with Crippen LogP contribution in [-0.2, 0) is 16.1 Å². The number of thiophene rings is 1. The molecule has 1 amide bonds. The highest BCUT2D eigenvalue weighted by molar-refractivity contribution is 7.10. The molecule has 1 fully saturated rings. The van der Waals surface area contributed by atoms with Gasteiger partial charge in [-0.2, -0.15) is 0 Å². The first-order chi connectivity index (χ1) is 15.1. The van der Waals surface area contributed by atoms with Crippen molar-refractivity contribution in [3.05, 3.63) is 52.2 Å². The number of nitrogens with one attached hydrogen (secondary N) is 3. The third kappa shape index (κ3) is 7.97. The van der Waals surface area contributed by atoms with Gasteiger partial charge in [-0.1, -0.05) is 25.1 Å². The summed E-state index contributed by atoms with van der Waals surface area (Å²) < 4.78 is 5.35. The summed E-state index contributed by atoms with van der Waals surface area (Å²) in [5.74, 6) is 1.23. The van der Waals surface area contributed by atoms with Gasteiger partial charge in [-0.3, -0.25) is 14.7 Å². The van der Waals surface area contributed by atoms with Crippen LogP contribution in [0, 0.1) is 0 Å². The molecule has 8 heteroatoms. The van der Waals surface area contributed by atoms with Gasteiger partial charge in [0, 0.05) is 62.7 Å². The van der Waals surface area contributed by atoms with E-state index in [9.17, 15) is 4.79 Å². The first kappa shape index (κ1) is 23.2. The van der Waals surface area contributed by atoms with Gasteiger partial charge < -0.3 is 20.7 Å². The summed E-state index contributed by atoms with van der Waals surface area (Å²) in [5.41, 5.74) is 1.90. The van der Waals surface area contributed by atoms with E-state index in [0.717, 1.165) is 56.6 Å². The molecule has 1 atom stereocenters.